The Kier molecular flexibility index (Phi) is 5.18. The lowest BCUT2D eigenvalue weighted by Crippen LogP contribution is -2.13. The Morgan fingerprint density at radius 3 is 2.68 bits per heavy atom. The van der Waals surface area contributed by atoms with Crippen LogP contribution in [0.1, 0.15) is 21.6 Å². The number of thiazole rings is 1. The van der Waals surface area contributed by atoms with Crippen LogP contribution in [0.15, 0.2) is 60.1 Å². The van der Waals surface area contributed by atoms with Crippen molar-refractivity contribution in [3.05, 3.63) is 82.1 Å². The smallest absolute Gasteiger partial charge is 0.262 e. The van der Waals surface area contributed by atoms with Gasteiger partial charge in [-0.2, -0.15) is 5.10 Å². The van der Waals surface area contributed by atoms with Crippen LogP contribution >= 0.6 is 22.9 Å². The number of carbonyl (C=O) groups is 1. The minimum Gasteiger partial charge on any atom is -0.298 e. The molecule has 0 fully saturated rings. The molecule has 3 heterocycles. The van der Waals surface area contributed by atoms with Crippen LogP contribution in [-0.2, 0) is 6.54 Å². The number of nitrogens with zero attached hydrogens (tertiary/aromatic N) is 4. The molecular weight excluding hydrogens is 394 g/mol. The average Bonchev–Trinajstić information content (AvgIpc) is 3.28. The highest BCUT2D eigenvalue weighted by Crippen LogP contribution is 2.26. The summed E-state index contributed by atoms with van der Waals surface area (Å²) in [4.78, 5) is 21.5. The van der Waals surface area contributed by atoms with Gasteiger partial charge in [0.05, 0.1) is 23.5 Å². The molecule has 1 aromatic carbocycles. The Bertz CT molecular complexity index is 1110. The fraction of sp³-hybridized carbons (Fsp3) is 0.100. The molecular formula is C20H16ClN5OS. The van der Waals surface area contributed by atoms with E-state index in [2.05, 4.69) is 20.4 Å². The van der Waals surface area contributed by atoms with Gasteiger partial charge < -0.3 is 0 Å². The number of halogens is 1. The maximum atomic E-state index is 12.8. The molecule has 4 rings (SSSR count). The summed E-state index contributed by atoms with van der Waals surface area (Å²) in [6.07, 6.45) is 1.71. The normalized spacial score (nSPS) is 10.8. The third-order valence-corrected chi connectivity index (χ3v) is 5.26. The van der Waals surface area contributed by atoms with E-state index < -0.39 is 0 Å². The SMILES string of the molecule is Cc1nn(Cc2ccccc2)c(Cl)c1C(=O)Nc1nc(-c2ccccn2)cs1. The van der Waals surface area contributed by atoms with Crippen molar-refractivity contribution in [3.8, 4) is 11.4 Å². The predicted octanol–water partition coefficient (Wildman–Crippen LogP) is 4.66. The Morgan fingerprint density at radius 2 is 1.93 bits per heavy atom. The number of amides is 1. The Balaban J connectivity index is 1.53. The molecule has 28 heavy (non-hydrogen) atoms. The number of aryl methyl sites for hydroxylation is 1. The highest BCUT2D eigenvalue weighted by atomic mass is 35.5. The summed E-state index contributed by atoms with van der Waals surface area (Å²) in [5.41, 5.74) is 3.44. The van der Waals surface area contributed by atoms with Crippen molar-refractivity contribution in [3.63, 3.8) is 0 Å². The fourth-order valence-electron chi connectivity index (χ4n) is 2.80. The number of carbonyl (C=O) groups excluding carboxylic acids is 1. The van der Waals surface area contributed by atoms with Crippen LogP contribution < -0.4 is 5.32 Å². The van der Waals surface area contributed by atoms with Crippen molar-refractivity contribution >= 4 is 34.0 Å². The third kappa shape index (κ3) is 3.81. The zero-order valence-electron chi connectivity index (χ0n) is 15.0. The van der Waals surface area contributed by atoms with E-state index in [1.807, 2.05) is 53.9 Å². The van der Waals surface area contributed by atoms with Crippen LogP contribution in [-0.4, -0.2) is 25.7 Å². The highest BCUT2D eigenvalue weighted by molar-refractivity contribution is 7.14. The van der Waals surface area contributed by atoms with Crippen LogP contribution in [0.5, 0.6) is 0 Å². The molecule has 0 aliphatic carbocycles. The number of benzene rings is 1. The molecule has 0 radical (unpaired) electrons. The molecule has 8 heteroatoms. The van der Waals surface area contributed by atoms with E-state index in [4.69, 9.17) is 11.6 Å². The number of hydrogen-bond acceptors (Lipinski definition) is 5. The van der Waals surface area contributed by atoms with Gasteiger partial charge in [-0.25, -0.2) is 9.67 Å². The average molecular weight is 410 g/mol. The van der Waals surface area contributed by atoms with E-state index >= 15 is 0 Å². The van der Waals surface area contributed by atoms with Crippen molar-refractivity contribution in [1.29, 1.82) is 0 Å². The highest BCUT2D eigenvalue weighted by Gasteiger charge is 2.21. The largest absolute Gasteiger partial charge is 0.298 e. The van der Waals surface area contributed by atoms with Crippen LogP contribution in [0.2, 0.25) is 5.15 Å². The van der Waals surface area contributed by atoms with E-state index in [9.17, 15) is 4.79 Å². The van der Waals surface area contributed by atoms with Crippen LogP contribution in [0, 0.1) is 6.92 Å². The standard InChI is InChI=1S/C20H16ClN5OS/c1-13-17(18(21)26(25-13)11-14-7-3-2-4-8-14)19(27)24-20-23-16(12-28-20)15-9-5-6-10-22-15/h2-10,12H,11H2,1H3,(H,23,24,27). The van der Waals surface area contributed by atoms with Gasteiger partial charge in [-0.3, -0.25) is 15.1 Å². The third-order valence-electron chi connectivity index (χ3n) is 4.12. The molecule has 1 N–H and O–H groups in total. The lowest BCUT2D eigenvalue weighted by Gasteiger charge is -2.04. The van der Waals surface area contributed by atoms with Gasteiger partial charge in [0.25, 0.3) is 5.91 Å². The summed E-state index contributed by atoms with van der Waals surface area (Å²) in [7, 11) is 0. The summed E-state index contributed by atoms with van der Waals surface area (Å²) in [5, 5.41) is 9.87. The predicted molar refractivity (Wildman–Crippen MR) is 111 cm³/mol. The minimum atomic E-state index is -0.330. The number of nitrogens with one attached hydrogen (secondary N) is 1. The van der Waals surface area contributed by atoms with Crippen molar-refractivity contribution in [2.45, 2.75) is 13.5 Å². The van der Waals surface area contributed by atoms with Crippen LogP contribution in [0.25, 0.3) is 11.4 Å². The maximum absolute atomic E-state index is 12.8. The molecule has 0 bridgehead atoms. The number of anilines is 1. The zero-order chi connectivity index (χ0) is 19.5. The Hall–Kier alpha value is -3.03. The van der Waals surface area contributed by atoms with Gasteiger partial charge in [0.1, 0.15) is 10.8 Å². The van der Waals surface area contributed by atoms with Crippen molar-refractivity contribution in [1.82, 2.24) is 19.7 Å². The van der Waals surface area contributed by atoms with E-state index in [1.54, 1.807) is 17.8 Å². The number of aromatic nitrogens is 4. The first kappa shape index (κ1) is 18.3. The number of rotatable bonds is 5. The van der Waals surface area contributed by atoms with E-state index in [1.165, 1.54) is 11.3 Å². The van der Waals surface area contributed by atoms with Gasteiger partial charge in [0.15, 0.2) is 5.13 Å². The molecule has 6 nitrogen and oxygen atoms in total. The summed E-state index contributed by atoms with van der Waals surface area (Å²) in [6, 6.07) is 15.4. The topological polar surface area (TPSA) is 72.7 Å². The molecule has 0 saturated heterocycles. The number of hydrogen-bond donors (Lipinski definition) is 1. The second-order valence-corrected chi connectivity index (χ2v) is 7.32. The lowest BCUT2D eigenvalue weighted by atomic mass is 10.2. The maximum Gasteiger partial charge on any atom is 0.262 e. The number of pyridine rings is 1. The van der Waals surface area contributed by atoms with Gasteiger partial charge in [-0.1, -0.05) is 48.0 Å². The first-order chi connectivity index (χ1) is 13.6. The molecule has 0 saturated carbocycles. The second-order valence-electron chi connectivity index (χ2n) is 6.10. The summed E-state index contributed by atoms with van der Waals surface area (Å²) >= 11 is 7.79. The molecule has 0 aliphatic heterocycles. The molecule has 0 spiro atoms. The summed E-state index contributed by atoms with van der Waals surface area (Å²) < 4.78 is 1.63. The summed E-state index contributed by atoms with van der Waals surface area (Å²) in [6.45, 7) is 2.26. The van der Waals surface area contributed by atoms with E-state index in [-0.39, 0.29) is 5.91 Å². The summed E-state index contributed by atoms with van der Waals surface area (Å²) in [5.74, 6) is -0.330. The van der Waals surface area contributed by atoms with Crippen molar-refractivity contribution in [2.24, 2.45) is 0 Å². The molecule has 1 amide bonds. The van der Waals surface area contributed by atoms with Gasteiger partial charge in [-0.05, 0) is 24.6 Å². The molecule has 0 atom stereocenters. The monoisotopic (exact) mass is 409 g/mol. The molecule has 3 aromatic heterocycles. The van der Waals surface area contributed by atoms with E-state index in [0.717, 1.165) is 11.3 Å². The lowest BCUT2D eigenvalue weighted by molar-refractivity contribution is 0.102. The Labute approximate surface area is 170 Å². The first-order valence-corrected chi connectivity index (χ1v) is 9.82. The van der Waals surface area contributed by atoms with E-state index in [0.29, 0.717) is 33.8 Å². The van der Waals surface area contributed by atoms with Gasteiger partial charge >= 0.3 is 0 Å². The zero-order valence-corrected chi connectivity index (χ0v) is 16.5. The van der Waals surface area contributed by atoms with Gasteiger partial charge in [-0.15, -0.1) is 11.3 Å². The minimum absolute atomic E-state index is 0.306. The van der Waals surface area contributed by atoms with Gasteiger partial charge in [0, 0.05) is 11.6 Å². The first-order valence-electron chi connectivity index (χ1n) is 8.57. The molecule has 140 valence electrons. The van der Waals surface area contributed by atoms with Gasteiger partial charge in [0.2, 0.25) is 0 Å². The molecule has 0 aliphatic rings. The second kappa shape index (κ2) is 7.92. The molecule has 0 unspecified atom stereocenters. The quantitative estimate of drug-likeness (QED) is 0.520. The molecule has 4 aromatic rings. The van der Waals surface area contributed by atoms with Crippen molar-refractivity contribution < 1.29 is 4.79 Å². The van der Waals surface area contributed by atoms with Crippen LogP contribution in [0.3, 0.4) is 0 Å². The van der Waals surface area contributed by atoms with Crippen LogP contribution in [0.4, 0.5) is 5.13 Å². The Morgan fingerprint density at radius 1 is 1.14 bits per heavy atom. The fourth-order valence-corrected chi connectivity index (χ4v) is 3.81. The van der Waals surface area contributed by atoms with Crippen molar-refractivity contribution in [2.75, 3.05) is 5.32 Å².